The van der Waals surface area contributed by atoms with Gasteiger partial charge in [0.05, 0.1) is 11.9 Å². The number of anilines is 2. The van der Waals surface area contributed by atoms with Crippen LogP contribution < -0.4 is 15.4 Å². The Morgan fingerprint density at radius 1 is 1.04 bits per heavy atom. The number of ether oxygens (including phenoxy) is 1. The van der Waals surface area contributed by atoms with Crippen molar-refractivity contribution < 1.29 is 18.3 Å². The molecule has 0 unspecified atom stereocenters. The van der Waals surface area contributed by atoms with E-state index in [1.54, 1.807) is 6.07 Å². The van der Waals surface area contributed by atoms with Gasteiger partial charge in [-0.3, -0.25) is 5.32 Å². The number of nitrogens with one attached hydrogen (secondary N) is 2. The lowest BCUT2D eigenvalue weighted by Crippen LogP contribution is -2.21. The highest BCUT2D eigenvalue weighted by atomic mass is 19.1. The molecule has 1 aromatic heterocycles. The molecule has 2 amide bonds. The molecule has 0 saturated heterocycles. The minimum absolute atomic E-state index is 0.0414. The van der Waals surface area contributed by atoms with Gasteiger partial charge >= 0.3 is 12.0 Å². The predicted octanol–water partition coefficient (Wildman–Crippen LogP) is 4.29. The van der Waals surface area contributed by atoms with Crippen molar-refractivity contribution in [2.45, 2.75) is 13.5 Å². The molecule has 0 saturated carbocycles. The van der Waals surface area contributed by atoms with Crippen LogP contribution in [0.5, 0.6) is 6.01 Å². The summed E-state index contributed by atoms with van der Waals surface area (Å²) in [6.07, 6.45) is 0.885. The SMILES string of the molecule is Cc1ccc(COc2ncc(F)c(NC(=O)Nc3ccccc3F)n2)cc1. The summed E-state index contributed by atoms with van der Waals surface area (Å²) >= 11 is 0. The van der Waals surface area contributed by atoms with Crippen LogP contribution in [0.3, 0.4) is 0 Å². The van der Waals surface area contributed by atoms with Crippen molar-refractivity contribution in [2.24, 2.45) is 0 Å². The molecule has 0 spiro atoms. The maximum absolute atomic E-state index is 13.9. The average molecular weight is 370 g/mol. The lowest BCUT2D eigenvalue weighted by atomic mass is 10.2. The van der Waals surface area contributed by atoms with E-state index < -0.39 is 17.7 Å². The number of carbonyl (C=O) groups excluding carboxylic acids is 1. The third-order valence-electron chi connectivity index (χ3n) is 3.56. The molecule has 138 valence electrons. The molecule has 0 radical (unpaired) electrons. The molecule has 0 bridgehead atoms. The second kappa shape index (κ2) is 8.22. The van der Waals surface area contributed by atoms with Gasteiger partial charge in [-0.1, -0.05) is 42.0 Å². The first-order chi connectivity index (χ1) is 13.0. The molecule has 2 N–H and O–H groups in total. The highest BCUT2D eigenvalue weighted by Gasteiger charge is 2.13. The van der Waals surface area contributed by atoms with Crippen LogP contribution in [-0.2, 0) is 6.61 Å². The van der Waals surface area contributed by atoms with Crippen molar-refractivity contribution in [3.05, 3.63) is 77.5 Å². The predicted molar refractivity (Wildman–Crippen MR) is 96.5 cm³/mol. The van der Waals surface area contributed by atoms with Gasteiger partial charge in [0.2, 0.25) is 0 Å². The van der Waals surface area contributed by atoms with E-state index in [-0.39, 0.29) is 24.1 Å². The van der Waals surface area contributed by atoms with E-state index in [4.69, 9.17) is 4.74 Å². The number of carbonyl (C=O) groups is 1. The molecule has 0 atom stereocenters. The fourth-order valence-electron chi connectivity index (χ4n) is 2.16. The van der Waals surface area contributed by atoms with Crippen LogP contribution in [0.1, 0.15) is 11.1 Å². The van der Waals surface area contributed by atoms with Crippen LogP contribution in [0.4, 0.5) is 25.1 Å². The number of hydrogen-bond donors (Lipinski definition) is 2. The first-order valence-corrected chi connectivity index (χ1v) is 8.04. The minimum Gasteiger partial charge on any atom is -0.459 e. The first kappa shape index (κ1) is 18.2. The second-order valence-corrected chi connectivity index (χ2v) is 5.68. The van der Waals surface area contributed by atoms with E-state index >= 15 is 0 Å². The summed E-state index contributed by atoms with van der Waals surface area (Å²) in [6.45, 7) is 2.16. The van der Waals surface area contributed by atoms with E-state index in [1.165, 1.54) is 18.2 Å². The van der Waals surface area contributed by atoms with E-state index in [0.717, 1.165) is 17.3 Å². The van der Waals surface area contributed by atoms with Gasteiger partial charge in [0.15, 0.2) is 11.6 Å². The molecule has 8 heteroatoms. The lowest BCUT2D eigenvalue weighted by molar-refractivity contribution is 0.261. The van der Waals surface area contributed by atoms with Crippen molar-refractivity contribution in [3.8, 4) is 6.01 Å². The Bertz CT molecular complexity index is 949. The van der Waals surface area contributed by atoms with E-state index in [9.17, 15) is 13.6 Å². The van der Waals surface area contributed by atoms with Gasteiger partial charge in [0.1, 0.15) is 12.4 Å². The third kappa shape index (κ3) is 4.97. The van der Waals surface area contributed by atoms with Crippen molar-refractivity contribution >= 4 is 17.5 Å². The van der Waals surface area contributed by atoms with Crippen LogP contribution in [0.15, 0.2) is 54.7 Å². The van der Waals surface area contributed by atoms with Crippen LogP contribution in [-0.4, -0.2) is 16.0 Å². The van der Waals surface area contributed by atoms with Crippen molar-refractivity contribution in [1.82, 2.24) is 9.97 Å². The fourth-order valence-corrected chi connectivity index (χ4v) is 2.16. The highest BCUT2D eigenvalue weighted by Crippen LogP contribution is 2.16. The number of urea groups is 1. The van der Waals surface area contributed by atoms with E-state index in [2.05, 4.69) is 20.6 Å². The van der Waals surface area contributed by atoms with Crippen LogP contribution in [0, 0.1) is 18.6 Å². The molecule has 3 aromatic rings. The zero-order chi connectivity index (χ0) is 19.2. The molecule has 2 aromatic carbocycles. The third-order valence-corrected chi connectivity index (χ3v) is 3.56. The van der Waals surface area contributed by atoms with Gasteiger partial charge < -0.3 is 10.1 Å². The maximum atomic E-state index is 13.9. The fraction of sp³-hybridized carbons (Fsp3) is 0.105. The number of para-hydroxylation sites is 1. The van der Waals surface area contributed by atoms with Crippen molar-refractivity contribution in [2.75, 3.05) is 10.6 Å². The number of aryl methyl sites for hydroxylation is 1. The topological polar surface area (TPSA) is 76.1 Å². The first-order valence-electron chi connectivity index (χ1n) is 8.04. The summed E-state index contributed by atoms with van der Waals surface area (Å²) in [5.74, 6) is -1.84. The average Bonchev–Trinajstić information content (AvgIpc) is 2.65. The van der Waals surface area contributed by atoms with Gasteiger partial charge in [-0.25, -0.2) is 18.6 Å². The van der Waals surface area contributed by atoms with Gasteiger partial charge in [-0.15, -0.1) is 0 Å². The van der Waals surface area contributed by atoms with Gasteiger partial charge in [-0.2, -0.15) is 4.98 Å². The zero-order valence-electron chi connectivity index (χ0n) is 14.4. The largest absolute Gasteiger partial charge is 0.459 e. The molecule has 6 nitrogen and oxygen atoms in total. The van der Waals surface area contributed by atoms with Crippen LogP contribution >= 0.6 is 0 Å². The molecule has 1 heterocycles. The number of amides is 2. The summed E-state index contributed by atoms with van der Waals surface area (Å²) in [5.41, 5.74) is 1.96. The van der Waals surface area contributed by atoms with E-state index in [0.29, 0.717) is 0 Å². The lowest BCUT2D eigenvalue weighted by Gasteiger charge is -2.10. The molecule has 0 fully saturated rings. The molecular weight excluding hydrogens is 354 g/mol. The normalized spacial score (nSPS) is 10.3. The summed E-state index contributed by atoms with van der Waals surface area (Å²) in [5, 5.41) is 4.48. The number of hydrogen-bond acceptors (Lipinski definition) is 4. The summed E-state index contributed by atoms with van der Waals surface area (Å²) in [4.78, 5) is 19.5. The second-order valence-electron chi connectivity index (χ2n) is 5.68. The summed E-state index contributed by atoms with van der Waals surface area (Å²) in [7, 11) is 0. The Morgan fingerprint density at radius 2 is 1.78 bits per heavy atom. The Kier molecular flexibility index (Phi) is 5.55. The Labute approximate surface area is 154 Å². The van der Waals surface area contributed by atoms with Gasteiger partial charge in [-0.05, 0) is 24.6 Å². The smallest absolute Gasteiger partial charge is 0.325 e. The van der Waals surface area contributed by atoms with E-state index in [1.807, 2.05) is 31.2 Å². The molecule has 3 rings (SSSR count). The minimum atomic E-state index is -0.846. The summed E-state index contributed by atoms with van der Waals surface area (Å²) < 4.78 is 32.8. The molecular formula is C19H16F2N4O2. The van der Waals surface area contributed by atoms with Gasteiger partial charge in [0, 0.05) is 0 Å². The Morgan fingerprint density at radius 3 is 2.52 bits per heavy atom. The van der Waals surface area contributed by atoms with Crippen LogP contribution in [0.25, 0.3) is 0 Å². The maximum Gasteiger partial charge on any atom is 0.325 e. The number of nitrogens with zero attached hydrogens (tertiary/aromatic N) is 2. The van der Waals surface area contributed by atoms with Crippen molar-refractivity contribution in [3.63, 3.8) is 0 Å². The zero-order valence-corrected chi connectivity index (χ0v) is 14.4. The quantitative estimate of drug-likeness (QED) is 0.703. The standard InChI is InChI=1S/C19H16F2N4O2/c1-12-6-8-13(9-7-12)11-27-19-22-10-15(21)17(25-19)24-18(26)23-16-5-3-2-4-14(16)20/h2-10H,11H2,1H3,(H2,22,23,24,25,26). The number of halogens is 2. The number of benzene rings is 2. The molecule has 0 aliphatic rings. The Balaban J connectivity index is 1.65. The monoisotopic (exact) mass is 370 g/mol. The van der Waals surface area contributed by atoms with Crippen molar-refractivity contribution in [1.29, 1.82) is 0 Å². The molecule has 27 heavy (non-hydrogen) atoms. The molecule has 0 aliphatic carbocycles. The molecule has 0 aliphatic heterocycles. The van der Waals surface area contributed by atoms with Gasteiger partial charge in [0.25, 0.3) is 0 Å². The number of aromatic nitrogens is 2. The Hall–Kier alpha value is -3.55. The number of rotatable bonds is 5. The van der Waals surface area contributed by atoms with Crippen LogP contribution in [0.2, 0.25) is 0 Å². The highest BCUT2D eigenvalue weighted by molar-refractivity contribution is 5.99. The summed E-state index contributed by atoms with van der Waals surface area (Å²) in [6, 6.07) is 12.3.